The molecule has 0 aromatic carbocycles. The summed E-state index contributed by atoms with van der Waals surface area (Å²) in [6, 6.07) is 0. The Morgan fingerprint density at radius 2 is 2.12 bits per heavy atom. The monoisotopic (exact) mass is 220 g/mol. The van der Waals surface area contributed by atoms with E-state index in [2.05, 4.69) is 13.8 Å². The third kappa shape index (κ3) is 1.55. The van der Waals surface area contributed by atoms with E-state index in [0.29, 0.717) is 17.3 Å². The topological polar surface area (TPSA) is 29.6 Å². The molecule has 1 heterocycles. The van der Waals surface area contributed by atoms with E-state index in [0.717, 1.165) is 25.7 Å². The predicted octanol–water partition coefficient (Wildman–Crippen LogP) is 3.01. The van der Waals surface area contributed by atoms with Crippen molar-refractivity contribution in [2.45, 2.75) is 64.1 Å². The highest BCUT2D eigenvalue weighted by molar-refractivity contribution is 5.91. The first-order chi connectivity index (χ1) is 7.52. The molecule has 1 saturated heterocycles. The lowest BCUT2D eigenvalue weighted by Crippen LogP contribution is -2.27. The summed E-state index contributed by atoms with van der Waals surface area (Å²) in [5.41, 5.74) is 1.84. The fourth-order valence-electron chi connectivity index (χ4n) is 3.49. The van der Waals surface area contributed by atoms with Gasteiger partial charge in [0, 0.05) is 6.42 Å². The first-order valence-electron chi connectivity index (χ1n) is 6.44. The highest BCUT2D eigenvalue weighted by Gasteiger charge is 2.53. The van der Waals surface area contributed by atoms with E-state index in [1.54, 1.807) is 0 Å². The zero-order valence-electron chi connectivity index (χ0n) is 10.2. The minimum atomic E-state index is 0.0872. The fraction of sp³-hybridized carbons (Fsp3) is 0.786. The minimum Gasteiger partial charge on any atom is -0.367 e. The van der Waals surface area contributed by atoms with Crippen molar-refractivity contribution in [1.82, 2.24) is 0 Å². The first-order valence-corrected chi connectivity index (χ1v) is 6.44. The number of ketones is 1. The van der Waals surface area contributed by atoms with E-state index >= 15 is 0 Å². The summed E-state index contributed by atoms with van der Waals surface area (Å²) in [5.74, 6) is 0.337. The molecule has 3 rings (SSSR count). The van der Waals surface area contributed by atoms with Crippen LogP contribution < -0.4 is 0 Å². The normalized spacial score (nSPS) is 40.5. The smallest absolute Gasteiger partial charge is 0.155 e. The average molecular weight is 220 g/mol. The zero-order valence-corrected chi connectivity index (χ0v) is 10.2. The fourth-order valence-corrected chi connectivity index (χ4v) is 3.49. The van der Waals surface area contributed by atoms with Crippen molar-refractivity contribution in [2.75, 3.05) is 0 Å². The van der Waals surface area contributed by atoms with Crippen LogP contribution in [0.25, 0.3) is 0 Å². The van der Waals surface area contributed by atoms with Crippen LogP contribution in [0, 0.1) is 5.41 Å². The van der Waals surface area contributed by atoms with Crippen molar-refractivity contribution < 1.29 is 9.53 Å². The van der Waals surface area contributed by atoms with Gasteiger partial charge in [0.05, 0.1) is 11.7 Å². The molecule has 2 heteroatoms. The van der Waals surface area contributed by atoms with Gasteiger partial charge in [0.2, 0.25) is 0 Å². The lowest BCUT2D eigenvalue weighted by Gasteiger charge is -2.33. The van der Waals surface area contributed by atoms with Gasteiger partial charge in [-0.1, -0.05) is 5.57 Å². The molecule has 16 heavy (non-hydrogen) atoms. The number of allylic oxidation sites excluding steroid dienone is 2. The van der Waals surface area contributed by atoms with E-state index in [-0.39, 0.29) is 5.60 Å². The van der Waals surface area contributed by atoms with Crippen LogP contribution in [0.4, 0.5) is 0 Å². The number of carbonyl (C=O) groups excluding carboxylic acids is 1. The van der Waals surface area contributed by atoms with Gasteiger partial charge in [-0.25, -0.2) is 0 Å². The van der Waals surface area contributed by atoms with Gasteiger partial charge in [-0.2, -0.15) is 0 Å². The number of fused-ring (bicyclic) bond motifs is 1. The Labute approximate surface area is 97.1 Å². The van der Waals surface area contributed by atoms with Crippen LogP contribution in [0.1, 0.15) is 52.4 Å². The number of carbonyl (C=O) groups is 1. The molecule has 0 spiro atoms. The van der Waals surface area contributed by atoms with Crippen molar-refractivity contribution in [1.29, 1.82) is 0 Å². The summed E-state index contributed by atoms with van der Waals surface area (Å²) in [6.07, 6.45) is 8.96. The number of rotatable bonds is 2. The van der Waals surface area contributed by atoms with Gasteiger partial charge in [-0.05, 0) is 57.4 Å². The van der Waals surface area contributed by atoms with E-state index in [1.165, 1.54) is 18.4 Å². The third-order valence-corrected chi connectivity index (χ3v) is 4.71. The molecule has 0 N–H and O–H groups in total. The molecular formula is C14H20O2. The van der Waals surface area contributed by atoms with Crippen molar-refractivity contribution in [3.05, 3.63) is 11.6 Å². The van der Waals surface area contributed by atoms with Gasteiger partial charge in [0.15, 0.2) is 5.78 Å². The van der Waals surface area contributed by atoms with Crippen LogP contribution in [-0.2, 0) is 9.53 Å². The predicted molar refractivity (Wildman–Crippen MR) is 62.2 cm³/mol. The van der Waals surface area contributed by atoms with Gasteiger partial charge in [-0.3, -0.25) is 4.79 Å². The Balaban J connectivity index is 1.81. The maximum Gasteiger partial charge on any atom is 0.155 e. The third-order valence-electron chi connectivity index (χ3n) is 4.71. The second-order valence-corrected chi connectivity index (χ2v) is 6.18. The van der Waals surface area contributed by atoms with E-state index in [4.69, 9.17) is 4.74 Å². The summed E-state index contributed by atoms with van der Waals surface area (Å²) in [5, 5.41) is 0. The van der Waals surface area contributed by atoms with Crippen LogP contribution in [-0.4, -0.2) is 17.5 Å². The quantitative estimate of drug-likeness (QED) is 0.669. The van der Waals surface area contributed by atoms with Crippen LogP contribution in [0.5, 0.6) is 0 Å². The molecule has 88 valence electrons. The minimum absolute atomic E-state index is 0.0872. The molecule has 2 nitrogen and oxygen atoms in total. The molecule has 2 fully saturated rings. The molecule has 1 saturated carbocycles. The van der Waals surface area contributed by atoms with Crippen molar-refractivity contribution >= 4 is 5.78 Å². The summed E-state index contributed by atoms with van der Waals surface area (Å²) >= 11 is 0. The van der Waals surface area contributed by atoms with Gasteiger partial charge >= 0.3 is 0 Å². The summed E-state index contributed by atoms with van der Waals surface area (Å²) in [6.45, 7) is 4.33. The van der Waals surface area contributed by atoms with Gasteiger partial charge in [0.25, 0.3) is 0 Å². The lowest BCUT2D eigenvalue weighted by atomic mass is 9.70. The molecule has 3 aliphatic rings. The number of epoxide rings is 1. The highest BCUT2D eigenvalue weighted by atomic mass is 16.6. The first kappa shape index (κ1) is 10.5. The molecule has 0 aromatic rings. The van der Waals surface area contributed by atoms with Crippen molar-refractivity contribution in [3.63, 3.8) is 0 Å². The lowest BCUT2D eigenvalue weighted by molar-refractivity contribution is -0.115. The Morgan fingerprint density at radius 1 is 1.38 bits per heavy atom. The maximum atomic E-state index is 11.5. The Bertz CT molecular complexity index is 367. The Morgan fingerprint density at radius 3 is 2.81 bits per heavy atom. The van der Waals surface area contributed by atoms with Gasteiger partial charge in [-0.15, -0.1) is 0 Å². The van der Waals surface area contributed by atoms with Crippen molar-refractivity contribution in [2.24, 2.45) is 5.41 Å². The van der Waals surface area contributed by atoms with Crippen LogP contribution >= 0.6 is 0 Å². The second kappa shape index (κ2) is 3.19. The molecular weight excluding hydrogens is 200 g/mol. The highest BCUT2D eigenvalue weighted by Crippen LogP contribution is 2.55. The number of hydrogen-bond donors (Lipinski definition) is 0. The van der Waals surface area contributed by atoms with Gasteiger partial charge < -0.3 is 4.74 Å². The average Bonchev–Trinajstić information content (AvgIpc) is 2.63. The maximum absolute atomic E-state index is 11.5. The zero-order chi connectivity index (χ0) is 11.4. The van der Waals surface area contributed by atoms with E-state index in [1.807, 2.05) is 6.08 Å². The number of hydrogen-bond acceptors (Lipinski definition) is 2. The molecule has 0 aromatic heterocycles. The Kier molecular flexibility index (Phi) is 2.10. The molecule has 1 aliphatic heterocycles. The SMILES string of the molecule is CC1(C)OC1CC12CCCC1=CC(=O)CC2. The van der Waals surface area contributed by atoms with E-state index in [9.17, 15) is 4.79 Å². The standard InChI is InChI=1S/C14H20O2/c1-13(2)12(16-13)9-14-6-3-4-10(14)8-11(15)5-7-14/h8,12H,3-7,9H2,1-2H3. The molecule has 0 bridgehead atoms. The second-order valence-electron chi connectivity index (χ2n) is 6.18. The van der Waals surface area contributed by atoms with E-state index < -0.39 is 0 Å². The van der Waals surface area contributed by atoms with Crippen molar-refractivity contribution in [3.8, 4) is 0 Å². The van der Waals surface area contributed by atoms with Crippen LogP contribution in [0.3, 0.4) is 0 Å². The molecule has 0 amide bonds. The molecule has 2 unspecified atom stereocenters. The Hall–Kier alpha value is -0.630. The largest absolute Gasteiger partial charge is 0.367 e. The molecule has 2 aliphatic carbocycles. The molecule has 2 atom stereocenters. The molecule has 0 radical (unpaired) electrons. The van der Waals surface area contributed by atoms with Crippen LogP contribution in [0.2, 0.25) is 0 Å². The summed E-state index contributed by atoms with van der Waals surface area (Å²) in [7, 11) is 0. The number of ether oxygens (including phenoxy) is 1. The van der Waals surface area contributed by atoms with Gasteiger partial charge in [0.1, 0.15) is 0 Å². The summed E-state index contributed by atoms with van der Waals surface area (Å²) < 4.78 is 5.72. The summed E-state index contributed by atoms with van der Waals surface area (Å²) in [4.78, 5) is 11.5. The van der Waals surface area contributed by atoms with Crippen LogP contribution in [0.15, 0.2) is 11.6 Å².